The van der Waals surface area contributed by atoms with Crippen molar-refractivity contribution < 1.29 is 14.3 Å². The minimum atomic E-state index is -0.381. The largest absolute Gasteiger partial charge is 0.493 e. The highest BCUT2D eigenvalue weighted by Crippen LogP contribution is 2.30. The Morgan fingerprint density at radius 3 is 2.58 bits per heavy atom. The van der Waals surface area contributed by atoms with Gasteiger partial charge in [-0.05, 0) is 37.1 Å². The molecule has 1 atom stereocenters. The van der Waals surface area contributed by atoms with Crippen LogP contribution in [0.25, 0.3) is 0 Å². The number of halogens is 1. The van der Waals surface area contributed by atoms with Gasteiger partial charge >= 0.3 is 5.97 Å². The predicted octanol–water partition coefficient (Wildman–Crippen LogP) is 1.78. The van der Waals surface area contributed by atoms with Crippen LogP contribution < -0.4 is 20.9 Å². The highest BCUT2D eigenvalue weighted by atomic mass is 35.5. The zero-order valence-corrected chi connectivity index (χ0v) is 12.0. The van der Waals surface area contributed by atoms with Gasteiger partial charge in [-0.2, -0.15) is 0 Å². The van der Waals surface area contributed by atoms with Crippen LogP contribution in [0.3, 0.4) is 0 Å². The molecule has 5 nitrogen and oxygen atoms in total. The van der Waals surface area contributed by atoms with Gasteiger partial charge < -0.3 is 20.9 Å². The third-order valence-electron chi connectivity index (χ3n) is 2.59. The summed E-state index contributed by atoms with van der Waals surface area (Å²) in [7, 11) is 1.53. The van der Waals surface area contributed by atoms with Gasteiger partial charge in [0.05, 0.1) is 7.11 Å². The minimum Gasteiger partial charge on any atom is -0.493 e. The molecule has 0 bridgehead atoms. The van der Waals surface area contributed by atoms with Crippen molar-refractivity contribution in [1.29, 1.82) is 0 Å². The summed E-state index contributed by atoms with van der Waals surface area (Å²) in [5, 5.41) is 0. The van der Waals surface area contributed by atoms with Crippen LogP contribution in [0, 0.1) is 0 Å². The lowest BCUT2D eigenvalue weighted by molar-refractivity contribution is -0.132. The number of hydrogen-bond donors (Lipinski definition) is 2. The SMILES string of the molecule is COc1cc([C@@H](N)CCCN)ccc1OC(C)=O.Cl. The van der Waals surface area contributed by atoms with Gasteiger partial charge in [0.2, 0.25) is 0 Å². The van der Waals surface area contributed by atoms with Gasteiger partial charge in [0.1, 0.15) is 0 Å². The maximum Gasteiger partial charge on any atom is 0.308 e. The molecule has 0 radical (unpaired) electrons. The van der Waals surface area contributed by atoms with E-state index in [1.165, 1.54) is 14.0 Å². The van der Waals surface area contributed by atoms with E-state index >= 15 is 0 Å². The molecule has 4 N–H and O–H groups in total. The third kappa shape index (κ3) is 5.46. The molecule has 6 heteroatoms. The van der Waals surface area contributed by atoms with E-state index in [1.54, 1.807) is 12.1 Å². The van der Waals surface area contributed by atoms with Crippen molar-refractivity contribution >= 4 is 18.4 Å². The molecule has 0 aromatic heterocycles. The summed E-state index contributed by atoms with van der Waals surface area (Å²) in [6, 6.07) is 5.23. The first-order valence-electron chi connectivity index (χ1n) is 5.90. The Kier molecular flexibility index (Phi) is 8.14. The fraction of sp³-hybridized carbons (Fsp3) is 0.462. The fourth-order valence-corrected chi connectivity index (χ4v) is 1.66. The van der Waals surface area contributed by atoms with Gasteiger partial charge in [-0.3, -0.25) is 4.79 Å². The number of methoxy groups -OCH3 is 1. The summed E-state index contributed by atoms with van der Waals surface area (Å²) >= 11 is 0. The Morgan fingerprint density at radius 1 is 1.37 bits per heavy atom. The normalized spacial score (nSPS) is 11.4. The summed E-state index contributed by atoms with van der Waals surface area (Å²) in [5.74, 6) is 0.527. The van der Waals surface area contributed by atoms with Crippen LogP contribution in [0.2, 0.25) is 0 Å². The number of benzene rings is 1. The van der Waals surface area contributed by atoms with Crippen molar-refractivity contribution in [2.24, 2.45) is 11.5 Å². The number of rotatable bonds is 6. The lowest BCUT2D eigenvalue weighted by Gasteiger charge is -2.14. The predicted molar refractivity (Wildman–Crippen MR) is 76.8 cm³/mol. The average Bonchev–Trinajstić information content (AvgIpc) is 2.35. The van der Waals surface area contributed by atoms with Crippen molar-refractivity contribution in [1.82, 2.24) is 0 Å². The van der Waals surface area contributed by atoms with Crippen LogP contribution in [-0.4, -0.2) is 19.6 Å². The molecule has 0 fully saturated rings. The molecule has 0 aliphatic heterocycles. The smallest absolute Gasteiger partial charge is 0.308 e. The van der Waals surface area contributed by atoms with Gasteiger partial charge in [0.25, 0.3) is 0 Å². The number of carbonyl (C=O) groups excluding carboxylic acids is 1. The molecule has 0 heterocycles. The molecule has 0 aliphatic carbocycles. The molecule has 19 heavy (non-hydrogen) atoms. The van der Waals surface area contributed by atoms with Gasteiger partial charge in [0.15, 0.2) is 11.5 Å². The number of esters is 1. The van der Waals surface area contributed by atoms with E-state index in [-0.39, 0.29) is 24.4 Å². The molecule has 0 amide bonds. The monoisotopic (exact) mass is 288 g/mol. The molecule has 108 valence electrons. The fourth-order valence-electron chi connectivity index (χ4n) is 1.66. The highest BCUT2D eigenvalue weighted by molar-refractivity contribution is 5.85. The summed E-state index contributed by atoms with van der Waals surface area (Å²) in [6.45, 7) is 1.97. The van der Waals surface area contributed by atoms with E-state index < -0.39 is 0 Å². The summed E-state index contributed by atoms with van der Waals surface area (Å²) in [5.41, 5.74) is 12.4. The second kappa shape index (κ2) is 8.74. The Hall–Kier alpha value is -1.30. The number of carbonyl (C=O) groups is 1. The van der Waals surface area contributed by atoms with Crippen LogP contribution in [-0.2, 0) is 4.79 Å². The Labute approximate surface area is 119 Å². The van der Waals surface area contributed by atoms with Gasteiger partial charge in [-0.25, -0.2) is 0 Å². The van der Waals surface area contributed by atoms with Gasteiger partial charge in [-0.15, -0.1) is 12.4 Å². The molecule has 0 aliphatic rings. The minimum absolute atomic E-state index is 0. The first-order valence-corrected chi connectivity index (χ1v) is 5.90. The molecule has 0 spiro atoms. The number of hydrogen-bond acceptors (Lipinski definition) is 5. The molecular weight excluding hydrogens is 268 g/mol. The zero-order valence-electron chi connectivity index (χ0n) is 11.2. The molecule has 0 saturated heterocycles. The van der Waals surface area contributed by atoms with Crippen LogP contribution >= 0.6 is 12.4 Å². The van der Waals surface area contributed by atoms with Crippen molar-refractivity contribution in [3.63, 3.8) is 0 Å². The Morgan fingerprint density at radius 2 is 2.05 bits per heavy atom. The lowest BCUT2D eigenvalue weighted by atomic mass is 10.0. The summed E-state index contributed by atoms with van der Waals surface area (Å²) in [4.78, 5) is 10.9. The van der Waals surface area contributed by atoms with E-state index in [1.807, 2.05) is 6.07 Å². The molecular formula is C13H21ClN2O3. The highest BCUT2D eigenvalue weighted by Gasteiger charge is 2.11. The third-order valence-corrected chi connectivity index (χ3v) is 2.59. The topological polar surface area (TPSA) is 87.6 Å². The van der Waals surface area contributed by atoms with Gasteiger partial charge in [-0.1, -0.05) is 6.07 Å². The van der Waals surface area contributed by atoms with E-state index in [0.29, 0.717) is 18.0 Å². The van der Waals surface area contributed by atoms with Crippen molar-refractivity contribution in [2.45, 2.75) is 25.8 Å². The van der Waals surface area contributed by atoms with E-state index in [4.69, 9.17) is 20.9 Å². The zero-order chi connectivity index (χ0) is 13.5. The number of ether oxygens (including phenoxy) is 2. The lowest BCUT2D eigenvalue weighted by Crippen LogP contribution is -2.13. The first-order chi connectivity index (χ1) is 8.58. The van der Waals surface area contributed by atoms with Crippen molar-refractivity contribution in [2.75, 3.05) is 13.7 Å². The molecule has 1 aromatic carbocycles. The van der Waals surface area contributed by atoms with Crippen LogP contribution in [0.5, 0.6) is 11.5 Å². The van der Waals surface area contributed by atoms with E-state index in [0.717, 1.165) is 18.4 Å². The Bertz CT molecular complexity index is 413. The van der Waals surface area contributed by atoms with E-state index in [2.05, 4.69) is 0 Å². The first kappa shape index (κ1) is 17.7. The van der Waals surface area contributed by atoms with Gasteiger partial charge in [0, 0.05) is 13.0 Å². The molecule has 0 saturated carbocycles. The maximum absolute atomic E-state index is 10.9. The second-order valence-electron chi connectivity index (χ2n) is 4.04. The van der Waals surface area contributed by atoms with Crippen molar-refractivity contribution in [3.8, 4) is 11.5 Å². The standard InChI is InChI=1S/C13H20N2O3.ClH/c1-9(16)18-12-6-5-10(8-13(12)17-2)11(15)4-3-7-14;/h5-6,8,11H,3-4,7,14-15H2,1-2H3;1H/t11-;/m0./s1. The van der Waals surface area contributed by atoms with Crippen LogP contribution in [0.4, 0.5) is 0 Å². The summed E-state index contributed by atoms with van der Waals surface area (Å²) in [6.07, 6.45) is 1.68. The van der Waals surface area contributed by atoms with Crippen LogP contribution in [0.1, 0.15) is 31.4 Å². The van der Waals surface area contributed by atoms with Crippen LogP contribution in [0.15, 0.2) is 18.2 Å². The molecule has 0 unspecified atom stereocenters. The number of nitrogens with two attached hydrogens (primary N) is 2. The second-order valence-corrected chi connectivity index (χ2v) is 4.04. The van der Waals surface area contributed by atoms with E-state index in [9.17, 15) is 4.79 Å². The quantitative estimate of drug-likeness (QED) is 0.615. The Balaban J connectivity index is 0.00000324. The summed E-state index contributed by atoms with van der Waals surface area (Å²) < 4.78 is 10.2. The molecule has 1 rings (SSSR count). The average molecular weight is 289 g/mol. The maximum atomic E-state index is 10.9. The van der Waals surface area contributed by atoms with Crippen molar-refractivity contribution in [3.05, 3.63) is 23.8 Å². The molecule has 1 aromatic rings.